The second-order valence-corrected chi connectivity index (χ2v) is 6.89. The Morgan fingerprint density at radius 2 is 2.11 bits per heavy atom. The number of rotatable bonds is 4. The van der Waals surface area contributed by atoms with Crippen LogP contribution < -0.4 is 10.1 Å². The highest BCUT2D eigenvalue weighted by Gasteiger charge is 2.11. The highest BCUT2D eigenvalue weighted by Crippen LogP contribution is 2.26. The van der Waals surface area contributed by atoms with Gasteiger partial charge in [0.05, 0.1) is 22.8 Å². The molecular weight excluding hydrogens is 387 g/mol. The first-order valence-corrected chi connectivity index (χ1v) is 9.17. The lowest BCUT2D eigenvalue weighted by molar-refractivity contribution is 0.0948. The Balaban J connectivity index is 1.61. The van der Waals surface area contributed by atoms with Crippen molar-refractivity contribution < 1.29 is 13.9 Å². The summed E-state index contributed by atoms with van der Waals surface area (Å²) in [4.78, 5) is 17.0. The molecule has 4 nitrogen and oxygen atoms in total. The highest BCUT2D eigenvalue weighted by molar-refractivity contribution is 7.13. The van der Waals surface area contributed by atoms with E-state index in [0.717, 1.165) is 0 Å². The van der Waals surface area contributed by atoms with Crippen molar-refractivity contribution in [3.63, 3.8) is 0 Å². The number of benzene rings is 2. The predicted octanol–water partition coefficient (Wildman–Crippen LogP) is 4.90. The predicted molar refractivity (Wildman–Crippen MR) is 104 cm³/mol. The molecule has 0 saturated heterocycles. The lowest BCUT2D eigenvalue weighted by atomic mass is 10.2. The zero-order chi connectivity index (χ0) is 19.2. The van der Waals surface area contributed by atoms with Crippen molar-refractivity contribution in [2.75, 3.05) is 0 Å². The van der Waals surface area contributed by atoms with E-state index in [0.29, 0.717) is 26.4 Å². The van der Waals surface area contributed by atoms with Crippen LogP contribution in [0, 0.1) is 17.7 Å². The second-order valence-electron chi connectivity index (χ2n) is 5.49. The fourth-order valence-electron chi connectivity index (χ4n) is 2.13. The van der Waals surface area contributed by atoms with Gasteiger partial charge in [-0.1, -0.05) is 53.0 Å². The standard InChI is InChI=1S/C20H14ClFN2O2S/c1-13(24-19(25)17-7-2-3-8-18(17)21)9-10-16-12-23-20(27-16)26-15-6-4-5-14(22)11-15/h2-8,11-13H,1H3,(H,24,25). The van der Waals surface area contributed by atoms with Gasteiger partial charge in [0, 0.05) is 6.07 Å². The molecule has 0 spiro atoms. The smallest absolute Gasteiger partial charge is 0.279 e. The van der Waals surface area contributed by atoms with Crippen LogP contribution in [0.1, 0.15) is 22.2 Å². The average Bonchev–Trinajstić information content (AvgIpc) is 3.07. The molecule has 0 saturated carbocycles. The summed E-state index contributed by atoms with van der Waals surface area (Å²) in [6, 6.07) is 12.2. The van der Waals surface area contributed by atoms with Gasteiger partial charge in [-0.25, -0.2) is 9.37 Å². The summed E-state index contributed by atoms with van der Waals surface area (Å²) in [5.41, 5.74) is 0.399. The van der Waals surface area contributed by atoms with Crippen molar-refractivity contribution >= 4 is 28.8 Å². The zero-order valence-electron chi connectivity index (χ0n) is 14.2. The van der Waals surface area contributed by atoms with Gasteiger partial charge in [-0.15, -0.1) is 0 Å². The van der Waals surface area contributed by atoms with Gasteiger partial charge >= 0.3 is 0 Å². The number of thiazole rings is 1. The summed E-state index contributed by atoms with van der Waals surface area (Å²) in [7, 11) is 0. The summed E-state index contributed by atoms with van der Waals surface area (Å²) in [6.45, 7) is 1.77. The van der Waals surface area contributed by atoms with Crippen LogP contribution in [0.25, 0.3) is 0 Å². The number of nitrogens with zero attached hydrogens (tertiary/aromatic N) is 1. The van der Waals surface area contributed by atoms with E-state index >= 15 is 0 Å². The Labute approximate surface area is 165 Å². The molecule has 3 aromatic rings. The van der Waals surface area contributed by atoms with Crippen molar-refractivity contribution in [3.8, 4) is 22.8 Å². The quantitative estimate of drug-likeness (QED) is 0.634. The Morgan fingerprint density at radius 3 is 2.89 bits per heavy atom. The molecule has 2 aromatic carbocycles. The van der Waals surface area contributed by atoms with Gasteiger partial charge in [0.25, 0.3) is 11.1 Å². The Kier molecular flexibility index (Phi) is 6.07. The molecule has 27 heavy (non-hydrogen) atoms. The van der Waals surface area contributed by atoms with Crippen LogP contribution in [-0.4, -0.2) is 16.9 Å². The maximum Gasteiger partial charge on any atom is 0.279 e. The van der Waals surface area contributed by atoms with Gasteiger partial charge in [0.15, 0.2) is 0 Å². The molecule has 0 bridgehead atoms. The maximum atomic E-state index is 13.2. The van der Waals surface area contributed by atoms with Crippen molar-refractivity contribution in [2.24, 2.45) is 0 Å². The molecule has 0 aliphatic rings. The second kappa shape index (κ2) is 8.67. The van der Waals surface area contributed by atoms with Gasteiger partial charge in [0.2, 0.25) is 0 Å². The SMILES string of the molecule is CC(C#Cc1cnc(Oc2cccc(F)c2)s1)NC(=O)c1ccccc1Cl. The molecule has 1 unspecified atom stereocenters. The number of hydrogen-bond acceptors (Lipinski definition) is 4. The third-order valence-corrected chi connectivity index (χ3v) is 4.48. The number of nitrogens with one attached hydrogen (secondary N) is 1. The number of amides is 1. The van der Waals surface area contributed by atoms with Crippen LogP contribution >= 0.6 is 22.9 Å². The third kappa shape index (κ3) is 5.30. The van der Waals surface area contributed by atoms with Crippen LogP contribution in [-0.2, 0) is 0 Å². The molecular formula is C20H14ClFN2O2S. The molecule has 0 fully saturated rings. The van der Waals surface area contributed by atoms with Crippen LogP contribution in [0.15, 0.2) is 54.7 Å². The van der Waals surface area contributed by atoms with Crippen LogP contribution in [0.3, 0.4) is 0 Å². The third-order valence-electron chi connectivity index (χ3n) is 3.36. The first kappa shape index (κ1) is 18.9. The van der Waals surface area contributed by atoms with Crippen molar-refractivity contribution in [1.82, 2.24) is 10.3 Å². The van der Waals surface area contributed by atoms with Crippen molar-refractivity contribution in [2.45, 2.75) is 13.0 Å². The highest BCUT2D eigenvalue weighted by atomic mass is 35.5. The molecule has 3 rings (SSSR count). The summed E-state index contributed by atoms with van der Waals surface area (Å²) < 4.78 is 18.7. The molecule has 0 aliphatic heterocycles. The van der Waals surface area contributed by atoms with Gasteiger partial charge in [-0.3, -0.25) is 4.79 Å². The van der Waals surface area contributed by atoms with E-state index < -0.39 is 0 Å². The monoisotopic (exact) mass is 400 g/mol. The van der Waals surface area contributed by atoms with E-state index in [4.69, 9.17) is 16.3 Å². The first-order valence-electron chi connectivity index (χ1n) is 7.97. The Bertz CT molecular complexity index is 1030. The molecule has 1 N–H and O–H groups in total. The zero-order valence-corrected chi connectivity index (χ0v) is 15.8. The summed E-state index contributed by atoms with van der Waals surface area (Å²) >= 11 is 7.24. The molecule has 1 heterocycles. The number of hydrogen-bond donors (Lipinski definition) is 1. The molecule has 1 aromatic heterocycles. The lowest BCUT2D eigenvalue weighted by Gasteiger charge is -2.08. The average molecular weight is 401 g/mol. The minimum Gasteiger partial charge on any atom is -0.431 e. The van der Waals surface area contributed by atoms with Crippen molar-refractivity contribution in [3.05, 3.63) is 76.0 Å². The molecule has 1 atom stereocenters. The van der Waals surface area contributed by atoms with E-state index in [1.807, 2.05) is 0 Å². The van der Waals surface area contributed by atoms with Crippen LogP contribution in [0.4, 0.5) is 4.39 Å². The summed E-state index contributed by atoms with van der Waals surface area (Å²) in [6.07, 6.45) is 1.56. The minimum absolute atomic E-state index is 0.290. The normalized spacial score (nSPS) is 11.2. The van der Waals surface area contributed by atoms with Crippen molar-refractivity contribution in [1.29, 1.82) is 0 Å². The van der Waals surface area contributed by atoms with E-state index in [9.17, 15) is 9.18 Å². The number of carbonyl (C=O) groups excluding carboxylic acids is 1. The van der Waals surface area contributed by atoms with Crippen LogP contribution in [0.5, 0.6) is 10.9 Å². The largest absolute Gasteiger partial charge is 0.431 e. The van der Waals surface area contributed by atoms with E-state index in [2.05, 4.69) is 22.1 Å². The minimum atomic E-state index is -0.386. The Morgan fingerprint density at radius 1 is 1.30 bits per heavy atom. The summed E-state index contributed by atoms with van der Waals surface area (Å²) in [5.74, 6) is 5.57. The van der Waals surface area contributed by atoms with E-state index in [1.54, 1.807) is 49.5 Å². The van der Waals surface area contributed by atoms with E-state index in [1.165, 1.54) is 23.5 Å². The fraction of sp³-hybridized carbons (Fsp3) is 0.100. The van der Waals surface area contributed by atoms with Gasteiger partial charge in [-0.05, 0) is 31.2 Å². The van der Waals surface area contributed by atoms with Gasteiger partial charge in [-0.2, -0.15) is 0 Å². The fourth-order valence-corrected chi connectivity index (χ4v) is 3.00. The molecule has 0 radical (unpaired) electrons. The lowest BCUT2D eigenvalue weighted by Crippen LogP contribution is -2.31. The molecule has 7 heteroatoms. The number of halogens is 2. The maximum absolute atomic E-state index is 13.2. The molecule has 0 aliphatic carbocycles. The number of ether oxygens (including phenoxy) is 1. The molecule has 1 amide bonds. The number of aromatic nitrogens is 1. The van der Waals surface area contributed by atoms with Crippen LogP contribution in [0.2, 0.25) is 5.02 Å². The van der Waals surface area contributed by atoms with Gasteiger partial charge < -0.3 is 10.1 Å². The topological polar surface area (TPSA) is 51.2 Å². The Hall–Kier alpha value is -2.88. The number of carbonyl (C=O) groups is 1. The first-order chi connectivity index (χ1) is 13.0. The molecule has 136 valence electrons. The van der Waals surface area contributed by atoms with E-state index in [-0.39, 0.29) is 17.8 Å². The van der Waals surface area contributed by atoms with Gasteiger partial charge in [0.1, 0.15) is 16.4 Å². The summed E-state index contributed by atoms with van der Waals surface area (Å²) in [5, 5.41) is 3.52.